The van der Waals surface area contributed by atoms with Crippen LogP contribution in [0.3, 0.4) is 0 Å². The van der Waals surface area contributed by atoms with Gasteiger partial charge in [-0.25, -0.2) is 0 Å². The average molecular weight is 367 g/mol. The number of carbonyl (C=O) groups excluding carboxylic acids is 2. The number of anilines is 2. The van der Waals surface area contributed by atoms with E-state index in [4.69, 9.17) is 4.74 Å². The van der Waals surface area contributed by atoms with Crippen LogP contribution in [0.25, 0.3) is 0 Å². The zero-order chi connectivity index (χ0) is 19.8. The molecule has 0 bridgehead atoms. The molecule has 2 aromatic carbocycles. The Hall–Kier alpha value is -2.62. The number of ether oxygens (including phenoxy) is 1. The maximum atomic E-state index is 12.9. The Morgan fingerprint density at radius 1 is 0.852 bits per heavy atom. The van der Waals surface area contributed by atoms with Crippen molar-refractivity contribution in [2.45, 2.75) is 47.0 Å². The van der Waals surface area contributed by atoms with Crippen LogP contribution in [-0.2, 0) is 14.3 Å². The van der Waals surface area contributed by atoms with Crippen LogP contribution in [0.1, 0.15) is 44.2 Å². The second kappa shape index (κ2) is 9.91. The van der Waals surface area contributed by atoms with Crippen molar-refractivity contribution in [2.75, 3.05) is 11.5 Å². The second-order valence-electron chi connectivity index (χ2n) is 7.33. The number of rotatable bonds is 8. The van der Waals surface area contributed by atoms with Crippen LogP contribution in [0.4, 0.5) is 11.4 Å². The fraction of sp³-hybridized carbons (Fsp3) is 0.391. The molecular formula is C23H29NO3. The van der Waals surface area contributed by atoms with Gasteiger partial charge in [-0.1, -0.05) is 49.2 Å². The van der Waals surface area contributed by atoms with E-state index in [1.165, 1.54) is 0 Å². The van der Waals surface area contributed by atoms with Crippen LogP contribution in [0, 0.1) is 19.8 Å². The van der Waals surface area contributed by atoms with Crippen molar-refractivity contribution in [3.63, 3.8) is 0 Å². The molecule has 0 spiro atoms. The molecule has 4 heteroatoms. The first-order valence-electron chi connectivity index (χ1n) is 9.48. The molecule has 0 aromatic heterocycles. The molecule has 0 atom stereocenters. The minimum absolute atomic E-state index is 0.0284. The number of hydrogen-bond donors (Lipinski definition) is 0. The zero-order valence-corrected chi connectivity index (χ0v) is 16.7. The van der Waals surface area contributed by atoms with Gasteiger partial charge in [-0.3, -0.25) is 14.5 Å². The molecule has 0 fully saturated rings. The standard InChI is InChI=1S/C23H29NO3/c1-17(2)16-27-23(26)7-5-6-22(25)24(20-12-8-18(3)9-13-20)21-14-10-19(4)11-15-21/h8-15,17H,5-7,16H2,1-4H3. The number of amides is 1. The second-order valence-corrected chi connectivity index (χ2v) is 7.33. The summed E-state index contributed by atoms with van der Waals surface area (Å²) in [7, 11) is 0. The van der Waals surface area contributed by atoms with Crippen LogP contribution >= 0.6 is 0 Å². The molecule has 2 rings (SSSR count). The lowest BCUT2D eigenvalue weighted by Gasteiger charge is -2.23. The highest BCUT2D eigenvalue weighted by atomic mass is 16.5. The lowest BCUT2D eigenvalue weighted by atomic mass is 10.1. The first kappa shape index (κ1) is 20.7. The summed E-state index contributed by atoms with van der Waals surface area (Å²) in [5.41, 5.74) is 3.94. The van der Waals surface area contributed by atoms with Gasteiger partial charge in [0.2, 0.25) is 5.91 Å². The Bertz CT molecular complexity index is 703. The number of aryl methyl sites for hydroxylation is 2. The SMILES string of the molecule is Cc1ccc(N(C(=O)CCCC(=O)OCC(C)C)c2ccc(C)cc2)cc1. The molecule has 2 aromatic rings. The molecule has 144 valence electrons. The summed E-state index contributed by atoms with van der Waals surface area (Å²) < 4.78 is 5.18. The van der Waals surface area contributed by atoms with Crippen LogP contribution < -0.4 is 4.90 Å². The summed E-state index contributed by atoms with van der Waals surface area (Å²) in [6, 6.07) is 15.8. The van der Waals surface area contributed by atoms with E-state index in [0.29, 0.717) is 25.4 Å². The van der Waals surface area contributed by atoms with Crippen LogP contribution in [-0.4, -0.2) is 18.5 Å². The highest BCUT2D eigenvalue weighted by Gasteiger charge is 2.18. The van der Waals surface area contributed by atoms with Gasteiger partial charge in [-0.05, 0) is 50.5 Å². The molecular weight excluding hydrogens is 338 g/mol. The number of nitrogens with zero attached hydrogens (tertiary/aromatic N) is 1. The summed E-state index contributed by atoms with van der Waals surface area (Å²) >= 11 is 0. The van der Waals surface area contributed by atoms with Crippen molar-refractivity contribution in [1.29, 1.82) is 0 Å². The molecule has 0 unspecified atom stereocenters. The van der Waals surface area contributed by atoms with E-state index in [1.807, 2.05) is 76.2 Å². The third-order valence-electron chi connectivity index (χ3n) is 4.18. The normalized spacial score (nSPS) is 10.7. The van der Waals surface area contributed by atoms with Crippen LogP contribution in [0.15, 0.2) is 48.5 Å². The maximum absolute atomic E-state index is 12.9. The van der Waals surface area contributed by atoms with Crippen LogP contribution in [0.2, 0.25) is 0 Å². The van der Waals surface area contributed by atoms with Crippen molar-refractivity contribution in [2.24, 2.45) is 5.92 Å². The topological polar surface area (TPSA) is 46.6 Å². The van der Waals surface area contributed by atoms with Gasteiger partial charge in [0.05, 0.1) is 6.61 Å². The van der Waals surface area contributed by atoms with E-state index < -0.39 is 0 Å². The minimum Gasteiger partial charge on any atom is -0.465 e. The van der Waals surface area contributed by atoms with Gasteiger partial charge in [0.25, 0.3) is 0 Å². The Balaban J connectivity index is 2.06. The van der Waals surface area contributed by atoms with Gasteiger partial charge in [-0.2, -0.15) is 0 Å². The van der Waals surface area contributed by atoms with Gasteiger partial charge in [0, 0.05) is 24.2 Å². The predicted molar refractivity (Wildman–Crippen MR) is 109 cm³/mol. The molecule has 0 aliphatic carbocycles. The first-order chi connectivity index (χ1) is 12.9. The van der Waals surface area contributed by atoms with E-state index in [2.05, 4.69) is 0 Å². The number of carbonyl (C=O) groups is 2. The average Bonchev–Trinajstić information content (AvgIpc) is 2.63. The number of benzene rings is 2. The molecule has 0 heterocycles. The lowest BCUT2D eigenvalue weighted by molar-refractivity contribution is -0.144. The summed E-state index contributed by atoms with van der Waals surface area (Å²) in [6.07, 6.45) is 1.02. The molecule has 0 saturated heterocycles. The molecule has 4 nitrogen and oxygen atoms in total. The molecule has 0 aliphatic heterocycles. The van der Waals surface area contributed by atoms with Gasteiger partial charge < -0.3 is 4.74 Å². The highest BCUT2D eigenvalue weighted by molar-refractivity contribution is 6.00. The summed E-state index contributed by atoms with van der Waals surface area (Å²) in [5, 5.41) is 0. The van der Waals surface area contributed by atoms with Crippen molar-refractivity contribution < 1.29 is 14.3 Å². The molecule has 0 aliphatic rings. The van der Waals surface area contributed by atoms with E-state index in [1.54, 1.807) is 4.90 Å². The summed E-state index contributed by atoms with van der Waals surface area (Å²) in [4.78, 5) is 26.4. The van der Waals surface area contributed by atoms with Crippen molar-refractivity contribution in [3.8, 4) is 0 Å². The molecule has 0 radical (unpaired) electrons. The number of hydrogen-bond acceptors (Lipinski definition) is 3. The van der Waals surface area contributed by atoms with Gasteiger partial charge in [0.1, 0.15) is 0 Å². The zero-order valence-electron chi connectivity index (χ0n) is 16.7. The lowest BCUT2D eigenvalue weighted by Crippen LogP contribution is -2.26. The summed E-state index contributed by atoms with van der Waals surface area (Å²) in [5.74, 6) is 0.0437. The first-order valence-corrected chi connectivity index (χ1v) is 9.48. The third kappa shape index (κ3) is 6.55. The van der Waals surface area contributed by atoms with Crippen molar-refractivity contribution in [3.05, 3.63) is 59.7 Å². The monoisotopic (exact) mass is 367 g/mol. The Kier molecular flexibility index (Phi) is 7.59. The van der Waals surface area contributed by atoms with Gasteiger partial charge in [0.15, 0.2) is 0 Å². The fourth-order valence-corrected chi connectivity index (χ4v) is 2.65. The molecule has 27 heavy (non-hydrogen) atoms. The van der Waals surface area contributed by atoms with Gasteiger partial charge in [-0.15, -0.1) is 0 Å². The smallest absolute Gasteiger partial charge is 0.305 e. The maximum Gasteiger partial charge on any atom is 0.305 e. The molecule has 1 amide bonds. The minimum atomic E-state index is -0.242. The quantitative estimate of drug-likeness (QED) is 0.592. The Labute approximate surface area is 162 Å². The largest absolute Gasteiger partial charge is 0.465 e. The summed E-state index contributed by atoms with van der Waals surface area (Å²) in [6.45, 7) is 8.45. The predicted octanol–water partition coefficient (Wildman–Crippen LogP) is 5.34. The highest BCUT2D eigenvalue weighted by Crippen LogP contribution is 2.27. The molecule has 0 saturated carbocycles. The van der Waals surface area contributed by atoms with Gasteiger partial charge >= 0.3 is 5.97 Å². The Morgan fingerprint density at radius 3 is 1.78 bits per heavy atom. The third-order valence-corrected chi connectivity index (χ3v) is 4.18. The van der Waals surface area contributed by atoms with Crippen molar-refractivity contribution in [1.82, 2.24) is 0 Å². The molecule has 0 N–H and O–H groups in total. The van der Waals surface area contributed by atoms with E-state index in [-0.39, 0.29) is 18.3 Å². The van der Waals surface area contributed by atoms with Crippen molar-refractivity contribution >= 4 is 23.3 Å². The fourth-order valence-electron chi connectivity index (χ4n) is 2.65. The Morgan fingerprint density at radius 2 is 1.33 bits per heavy atom. The van der Waals surface area contributed by atoms with E-state index >= 15 is 0 Å². The number of esters is 1. The van der Waals surface area contributed by atoms with E-state index in [0.717, 1.165) is 22.5 Å². The van der Waals surface area contributed by atoms with Crippen LogP contribution in [0.5, 0.6) is 0 Å². The van der Waals surface area contributed by atoms with E-state index in [9.17, 15) is 9.59 Å².